The molecular weight excluding hydrogens is 320 g/mol. The number of nitrogens with zero attached hydrogens (tertiary/aromatic N) is 2. The molecule has 1 saturated heterocycles. The lowest BCUT2D eigenvalue weighted by Crippen LogP contribution is -2.36. The van der Waals surface area contributed by atoms with Crippen LogP contribution in [0.5, 0.6) is 5.75 Å². The molecule has 126 valence electrons. The fraction of sp³-hybridized carbons (Fsp3) is 0.533. The zero-order valence-corrected chi connectivity index (χ0v) is 13.6. The number of carboxylic acids is 1. The summed E-state index contributed by atoms with van der Waals surface area (Å²) in [6, 6.07) is 5.10. The largest absolute Gasteiger partial charge is 0.491 e. The molecule has 23 heavy (non-hydrogen) atoms. The first-order chi connectivity index (χ1) is 11.0. The summed E-state index contributed by atoms with van der Waals surface area (Å²) in [6.45, 7) is 3.26. The summed E-state index contributed by atoms with van der Waals surface area (Å²) in [5, 5.41) is 9.24. The van der Waals surface area contributed by atoms with Crippen LogP contribution in [0, 0.1) is 0 Å². The van der Waals surface area contributed by atoms with E-state index >= 15 is 0 Å². The highest BCUT2D eigenvalue weighted by Crippen LogP contribution is 2.27. The number of aromatic carboxylic acids is 1. The molecule has 1 N–H and O–H groups in total. The Morgan fingerprint density at radius 1 is 1.26 bits per heavy atom. The maximum atomic E-state index is 11.8. The Morgan fingerprint density at radius 3 is 2.78 bits per heavy atom. The van der Waals surface area contributed by atoms with Crippen LogP contribution in [-0.2, 0) is 16.6 Å². The van der Waals surface area contributed by atoms with Crippen LogP contribution in [-0.4, -0.2) is 67.2 Å². The number of hydrogen-bond acceptors (Lipinski definition) is 5. The highest BCUT2D eigenvalue weighted by atomic mass is 32.2. The Labute approximate surface area is 135 Å². The van der Waals surface area contributed by atoms with Gasteiger partial charge in [0.2, 0.25) is 10.0 Å². The molecule has 7 nitrogen and oxygen atoms in total. The fourth-order valence-corrected chi connectivity index (χ4v) is 4.55. The molecule has 2 aliphatic heterocycles. The van der Waals surface area contributed by atoms with Gasteiger partial charge in [0.1, 0.15) is 17.9 Å². The standard InChI is InChI=1S/C15H20N2O5S/c18-15(19)13-4-1-3-12-11-16(8-9-22-14(12)13)6-7-17-5-2-10-23(17,20)21/h1,3-4H,2,5-11H2,(H,18,19). The Hall–Kier alpha value is -1.64. The Kier molecular flexibility index (Phi) is 4.56. The number of benzene rings is 1. The van der Waals surface area contributed by atoms with Crippen molar-refractivity contribution in [3.8, 4) is 5.75 Å². The number of carboxylic acid groups (broad SMARTS) is 1. The van der Waals surface area contributed by atoms with E-state index in [1.165, 1.54) is 10.4 Å². The summed E-state index contributed by atoms with van der Waals surface area (Å²) in [4.78, 5) is 13.4. The summed E-state index contributed by atoms with van der Waals surface area (Å²) in [5.41, 5.74) is 0.998. The van der Waals surface area contributed by atoms with Gasteiger partial charge >= 0.3 is 5.97 Å². The van der Waals surface area contributed by atoms with Crippen molar-refractivity contribution >= 4 is 16.0 Å². The van der Waals surface area contributed by atoms with Crippen LogP contribution >= 0.6 is 0 Å². The van der Waals surface area contributed by atoms with Gasteiger partial charge in [-0.3, -0.25) is 4.90 Å². The van der Waals surface area contributed by atoms with E-state index in [-0.39, 0.29) is 11.3 Å². The van der Waals surface area contributed by atoms with E-state index in [2.05, 4.69) is 4.90 Å². The monoisotopic (exact) mass is 340 g/mol. The lowest BCUT2D eigenvalue weighted by molar-refractivity contribution is 0.0692. The van der Waals surface area contributed by atoms with Crippen molar-refractivity contribution in [1.29, 1.82) is 0 Å². The second-order valence-electron chi connectivity index (χ2n) is 5.79. The summed E-state index contributed by atoms with van der Waals surface area (Å²) in [7, 11) is -3.08. The second kappa shape index (κ2) is 6.46. The minimum atomic E-state index is -3.08. The Bertz CT molecular complexity index is 704. The van der Waals surface area contributed by atoms with E-state index in [9.17, 15) is 18.3 Å². The zero-order valence-electron chi connectivity index (χ0n) is 12.8. The summed E-state index contributed by atoms with van der Waals surface area (Å²) in [5.74, 6) is -0.337. The maximum Gasteiger partial charge on any atom is 0.339 e. The van der Waals surface area contributed by atoms with Crippen LogP contribution < -0.4 is 4.74 Å². The number of fused-ring (bicyclic) bond motifs is 1. The molecule has 8 heteroatoms. The minimum Gasteiger partial charge on any atom is -0.491 e. The molecule has 0 amide bonds. The molecule has 0 spiro atoms. The normalized spacial score (nSPS) is 21.4. The number of rotatable bonds is 4. The Morgan fingerprint density at radius 2 is 2.09 bits per heavy atom. The molecule has 0 radical (unpaired) electrons. The number of carbonyl (C=O) groups is 1. The fourth-order valence-electron chi connectivity index (χ4n) is 3.03. The highest BCUT2D eigenvalue weighted by molar-refractivity contribution is 7.89. The maximum absolute atomic E-state index is 11.8. The van der Waals surface area contributed by atoms with E-state index in [4.69, 9.17) is 4.74 Å². The van der Waals surface area contributed by atoms with Crippen molar-refractivity contribution in [2.75, 3.05) is 38.5 Å². The molecule has 2 heterocycles. The van der Waals surface area contributed by atoms with Gasteiger partial charge in [-0.2, -0.15) is 0 Å². The molecule has 0 aromatic heterocycles. The number of sulfonamides is 1. The molecule has 3 rings (SSSR count). The number of para-hydroxylation sites is 1. The SMILES string of the molecule is O=C(O)c1cccc2c1OCCN(CCN1CCCS1(=O)=O)C2. The van der Waals surface area contributed by atoms with Crippen LogP contribution in [0.3, 0.4) is 0 Å². The lowest BCUT2D eigenvalue weighted by atomic mass is 10.1. The van der Waals surface area contributed by atoms with Crippen molar-refractivity contribution in [2.24, 2.45) is 0 Å². The first-order valence-electron chi connectivity index (χ1n) is 7.65. The third-order valence-corrected chi connectivity index (χ3v) is 6.20. The van der Waals surface area contributed by atoms with E-state index < -0.39 is 16.0 Å². The average Bonchev–Trinajstić information content (AvgIpc) is 2.71. The van der Waals surface area contributed by atoms with E-state index in [0.29, 0.717) is 51.5 Å². The van der Waals surface area contributed by atoms with Gasteiger partial charge in [0.15, 0.2) is 0 Å². The molecule has 1 fully saturated rings. The van der Waals surface area contributed by atoms with Crippen molar-refractivity contribution in [2.45, 2.75) is 13.0 Å². The van der Waals surface area contributed by atoms with Crippen molar-refractivity contribution in [1.82, 2.24) is 9.21 Å². The van der Waals surface area contributed by atoms with Gasteiger partial charge in [0, 0.05) is 38.3 Å². The molecule has 0 bridgehead atoms. The summed E-state index contributed by atoms with van der Waals surface area (Å²) >= 11 is 0. The van der Waals surface area contributed by atoms with Crippen LogP contribution in [0.15, 0.2) is 18.2 Å². The van der Waals surface area contributed by atoms with Gasteiger partial charge < -0.3 is 9.84 Å². The average molecular weight is 340 g/mol. The predicted molar refractivity (Wildman–Crippen MR) is 84.2 cm³/mol. The van der Waals surface area contributed by atoms with Crippen molar-refractivity contribution in [3.05, 3.63) is 29.3 Å². The minimum absolute atomic E-state index is 0.173. The second-order valence-corrected chi connectivity index (χ2v) is 7.88. The van der Waals surface area contributed by atoms with E-state index in [1.54, 1.807) is 6.07 Å². The van der Waals surface area contributed by atoms with Gasteiger partial charge in [0.25, 0.3) is 0 Å². The molecule has 1 aromatic carbocycles. The lowest BCUT2D eigenvalue weighted by Gasteiger charge is -2.22. The van der Waals surface area contributed by atoms with Crippen LogP contribution in [0.25, 0.3) is 0 Å². The molecule has 2 aliphatic rings. The first-order valence-corrected chi connectivity index (χ1v) is 9.26. The van der Waals surface area contributed by atoms with Crippen LogP contribution in [0.4, 0.5) is 0 Å². The van der Waals surface area contributed by atoms with Gasteiger partial charge in [0.05, 0.1) is 5.75 Å². The number of ether oxygens (including phenoxy) is 1. The molecule has 0 aliphatic carbocycles. The first kappa shape index (κ1) is 16.2. The van der Waals surface area contributed by atoms with E-state index in [0.717, 1.165) is 5.56 Å². The van der Waals surface area contributed by atoms with Crippen molar-refractivity contribution < 1.29 is 23.1 Å². The van der Waals surface area contributed by atoms with Gasteiger partial charge in [-0.05, 0) is 12.5 Å². The van der Waals surface area contributed by atoms with Crippen molar-refractivity contribution in [3.63, 3.8) is 0 Å². The van der Waals surface area contributed by atoms with Gasteiger partial charge in [-0.15, -0.1) is 0 Å². The molecule has 0 atom stereocenters. The predicted octanol–water partition coefficient (Wildman–Crippen LogP) is 0.615. The third kappa shape index (κ3) is 3.49. The molecule has 1 aromatic rings. The van der Waals surface area contributed by atoms with E-state index in [1.807, 2.05) is 6.07 Å². The highest BCUT2D eigenvalue weighted by Gasteiger charge is 2.28. The smallest absolute Gasteiger partial charge is 0.339 e. The zero-order chi connectivity index (χ0) is 16.4. The summed E-state index contributed by atoms with van der Waals surface area (Å²) in [6.07, 6.45) is 0.691. The van der Waals surface area contributed by atoms with Gasteiger partial charge in [-0.1, -0.05) is 12.1 Å². The molecular formula is C15H20N2O5S. The number of hydrogen-bond donors (Lipinski definition) is 1. The molecule has 0 saturated carbocycles. The quantitative estimate of drug-likeness (QED) is 0.864. The third-order valence-electron chi connectivity index (χ3n) is 4.24. The summed E-state index contributed by atoms with van der Waals surface area (Å²) < 4.78 is 30.8. The topological polar surface area (TPSA) is 87.2 Å². The van der Waals surface area contributed by atoms with Crippen LogP contribution in [0.2, 0.25) is 0 Å². The van der Waals surface area contributed by atoms with Crippen LogP contribution in [0.1, 0.15) is 22.3 Å². The molecule has 0 unspecified atom stereocenters. The van der Waals surface area contributed by atoms with Gasteiger partial charge in [-0.25, -0.2) is 17.5 Å². The Balaban J connectivity index is 1.70.